The SMILES string of the molecule is CCCCCCOC(=O)/C(=C/c1ccc(OC)cc1-c1ccccc1C(=O)c1ccccc1)CC. The lowest BCUT2D eigenvalue weighted by atomic mass is 9.90. The minimum Gasteiger partial charge on any atom is -0.497 e. The van der Waals surface area contributed by atoms with Crippen molar-refractivity contribution in [1.82, 2.24) is 0 Å². The predicted octanol–water partition coefficient (Wildman–Crippen LogP) is 7.51. The minimum atomic E-state index is -0.292. The van der Waals surface area contributed by atoms with E-state index in [0.717, 1.165) is 42.4 Å². The number of methoxy groups -OCH3 is 1. The number of hydrogen-bond acceptors (Lipinski definition) is 4. The number of carbonyl (C=O) groups excluding carboxylic acids is 2. The third-order valence-electron chi connectivity index (χ3n) is 5.96. The Kier molecular flexibility index (Phi) is 9.85. The zero-order chi connectivity index (χ0) is 25.0. The quantitative estimate of drug-likeness (QED) is 0.119. The van der Waals surface area contributed by atoms with Crippen LogP contribution in [0.15, 0.2) is 78.4 Å². The maximum Gasteiger partial charge on any atom is 0.334 e. The molecule has 3 aromatic rings. The van der Waals surface area contributed by atoms with E-state index in [1.54, 1.807) is 7.11 Å². The van der Waals surface area contributed by atoms with Crippen LogP contribution in [-0.2, 0) is 9.53 Å². The van der Waals surface area contributed by atoms with Gasteiger partial charge in [0.2, 0.25) is 0 Å². The standard InChI is InChI=1S/C31H34O4/c1-4-6-7-13-20-35-31(33)23(5-2)21-25-18-19-26(34-3)22-29(25)27-16-11-12-17-28(27)30(32)24-14-9-8-10-15-24/h8-12,14-19,21-22H,4-7,13,20H2,1-3H3/b23-21+. The summed E-state index contributed by atoms with van der Waals surface area (Å²) in [5.74, 6) is 0.330. The molecule has 0 amide bonds. The third-order valence-corrected chi connectivity index (χ3v) is 5.96. The molecule has 0 aromatic heterocycles. The molecule has 0 N–H and O–H groups in total. The summed E-state index contributed by atoms with van der Waals surface area (Å²) in [7, 11) is 1.61. The fourth-order valence-electron chi connectivity index (χ4n) is 3.96. The lowest BCUT2D eigenvalue weighted by Crippen LogP contribution is -2.09. The summed E-state index contributed by atoms with van der Waals surface area (Å²) in [6, 6.07) is 22.5. The third kappa shape index (κ3) is 6.92. The molecule has 0 heterocycles. The van der Waals surface area contributed by atoms with Crippen molar-refractivity contribution in [2.75, 3.05) is 13.7 Å². The second-order valence-corrected chi connectivity index (χ2v) is 8.41. The van der Waals surface area contributed by atoms with Crippen LogP contribution in [0.25, 0.3) is 17.2 Å². The van der Waals surface area contributed by atoms with Crippen LogP contribution in [0.2, 0.25) is 0 Å². The number of hydrogen-bond donors (Lipinski definition) is 0. The summed E-state index contributed by atoms with van der Waals surface area (Å²) in [5.41, 5.74) is 4.26. The van der Waals surface area contributed by atoms with Gasteiger partial charge in [0.05, 0.1) is 13.7 Å². The highest BCUT2D eigenvalue weighted by molar-refractivity contribution is 6.13. The molecule has 0 unspecified atom stereocenters. The molecule has 35 heavy (non-hydrogen) atoms. The molecule has 4 nitrogen and oxygen atoms in total. The summed E-state index contributed by atoms with van der Waals surface area (Å²) < 4.78 is 11.0. The molecule has 0 atom stereocenters. The Hall–Kier alpha value is -3.66. The van der Waals surface area contributed by atoms with Gasteiger partial charge in [-0.05, 0) is 47.7 Å². The van der Waals surface area contributed by atoms with E-state index in [2.05, 4.69) is 6.92 Å². The van der Waals surface area contributed by atoms with Crippen molar-refractivity contribution >= 4 is 17.8 Å². The summed E-state index contributed by atoms with van der Waals surface area (Å²) >= 11 is 0. The molecule has 0 spiro atoms. The summed E-state index contributed by atoms with van der Waals surface area (Å²) in [6.45, 7) is 4.53. The van der Waals surface area contributed by atoms with Crippen LogP contribution in [0.5, 0.6) is 5.75 Å². The molecule has 0 saturated carbocycles. The van der Waals surface area contributed by atoms with Gasteiger partial charge in [-0.2, -0.15) is 0 Å². The number of carbonyl (C=O) groups is 2. The van der Waals surface area contributed by atoms with Gasteiger partial charge >= 0.3 is 5.97 Å². The second kappa shape index (κ2) is 13.3. The van der Waals surface area contributed by atoms with Gasteiger partial charge < -0.3 is 9.47 Å². The molecular weight excluding hydrogens is 436 g/mol. The highest BCUT2D eigenvalue weighted by Crippen LogP contribution is 2.33. The molecule has 0 fully saturated rings. The molecule has 3 rings (SSSR count). The fraction of sp³-hybridized carbons (Fsp3) is 0.290. The van der Waals surface area contributed by atoms with Crippen LogP contribution < -0.4 is 4.74 Å². The molecule has 0 aliphatic heterocycles. The Labute approximate surface area is 208 Å². The molecule has 4 heteroatoms. The van der Waals surface area contributed by atoms with Crippen LogP contribution in [-0.4, -0.2) is 25.5 Å². The first kappa shape index (κ1) is 26.0. The number of esters is 1. The van der Waals surface area contributed by atoms with E-state index in [1.807, 2.05) is 85.8 Å². The molecule has 0 saturated heterocycles. The summed E-state index contributed by atoms with van der Waals surface area (Å²) in [6.07, 6.45) is 6.63. The second-order valence-electron chi connectivity index (χ2n) is 8.41. The highest BCUT2D eigenvalue weighted by Gasteiger charge is 2.18. The molecule has 3 aromatic carbocycles. The van der Waals surface area contributed by atoms with E-state index < -0.39 is 0 Å². The Morgan fingerprint density at radius 2 is 1.57 bits per heavy atom. The van der Waals surface area contributed by atoms with Crippen LogP contribution in [0.3, 0.4) is 0 Å². The Morgan fingerprint density at radius 3 is 2.29 bits per heavy atom. The van der Waals surface area contributed by atoms with E-state index in [4.69, 9.17) is 9.47 Å². The number of ketones is 1. The Morgan fingerprint density at radius 1 is 0.829 bits per heavy atom. The van der Waals surface area contributed by atoms with E-state index >= 15 is 0 Å². The van der Waals surface area contributed by atoms with Crippen molar-refractivity contribution in [3.63, 3.8) is 0 Å². The van der Waals surface area contributed by atoms with Crippen molar-refractivity contribution in [3.8, 4) is 16.9 Å². The monoisotopic (exact) mass is 470 g/mol. The molecule has 0 aliphatic rings. The average molecular weight is 471 g/mol. The summed E-state index contributed by atoms with van der Waals surface area (Å²) in [4.78, 5) is 26.1. The van der Waals surface area contributed by atoms with E-state index in [9.17, 15) is 9.59 Å². The first-order valence-corrected chi connectivity index (χ1v) is 12.3. The number of rotatable bonds is 12. The fourth-order valence-corrected chi connectivity index (χ4v) is 3.96. The average Bonchev–Trinajstić information content (AvgIpc) is 2.91. The van der Waals surface area contributed by atoms with E-state index in [1.165, 1.54) is 0 Å². The zero-order valence-corrected chi connectivity index (χ0v) is 20.9. The molecule has 182 valence electrons. The number of ether oxygens (including phenoxy) is 2. The van der Waals surface area contributed by atoms with E-state index in [0.29, 0.717) is 35.5 Å². The normalized spacial score (nSPS) is 11.2. The van der Waals surface area contributed by atoms with Gasteiger partial charge in [-0.1, -0.05) is 93.8 Å². The predicted molar refractivity (Wildman–Crippen MR) is 142 cm³/mol. The van der Waals surface area contributed by atoms with E-state index in [-0.39, 0.29) is 11.8 Å². The van der Waals surface area contributed by atoms with Crippen molar-refractivity contribution < 1.29 is 19.1 Å². The summed E-state index contributed by atoms with van der Waals surface area (Å²) in [5, 5.41) is 0. The largest absolute Gasteiger partial charge is 0.497 e. The van der Waals surface area contributed by atoms with Crippen LogP contribution in [0.4, 0.5) is 0 Å². The molecule has 0 radical (unpaired) electrons. The Bertz CT molecular complexity index is 1160. The van der Waals surface area contributed by atoms with Gasteiger partial charge in [-0.15, -0.1) is 0 Å². The molecule has 0 aliphatic carbocycles. The first-order chi connectivity index (χ1) is 17.1. The van der Waals surface area contributed by atoms with Gasteiger partial charge in [0.15, 0.2) is 5.78 Å². The first-order valence-electron chi connectivity index (χ1n) is 12.3. The maximum absolute atomic E-state index is 13.4. The zero-order valence-electron chi connectivity index (χ0n) is 20.9. The van der Waals surface area contributed by atoms with Crippen molar-refractivity contribution in [1.29, 1.82) is 0 Å². The molecule has 0 bridgehead atoms. The van der Waals surface area contributed by atoms with Crippen LogP contribution >= 0.6 is 0 Å². The topological polar surface area (TPSA) is 52.6 Å². The van der Waals surface area contributed by atoms with Gasteiger partial charge in [0, 0.05) is 16.7 Å². The highest BCUT2D eigenvalue weighted by atomic mass is 16.5. The van der Waals surface area contributed by atoms with Crippen molar-refractivity contribution in [2.45, 2.75) is 46.0 Å². The van der Waals surface area contributed by atoms with Gasteiger partial charge in [-0.3, -0.25) is 4.79 Å². The number of unbranched alkanes of at least 4 members (excludes halogenated alkanes) is 3. The van der Waals surface area contributed by atoms with Crippen LogP contribution in [0, 0.1) is 0 Å². The Balaban J connectivity index is 1.99. The maximum atomic E-state index is 13.4. The smallest absolute Gasteiger partial charge is 0.334 e. The number of benzene rings is 3. The van der Waals surface area contributed by atoms with Gasteiger partial charge in [0.25, 0.3) is 0 Å². The molecular formula is C31H34O4. The lowest BCUT2D eigenvalue weighted by Gasteiger charge is -2.14. The van der Waals surface area contributed by atoms with Gasteiger partial charge in [0.1, 0.15) is 5.75 Å². The van der Waals surface area contributed by atoms with Gasteiger partial charge in [-0.25, -0.2) is 4.79 Å². The van der Waals surface area contributed by atoms with Crippen molar-refractivity contribution in [2.24, 2.45) is 0 Å². The lowest BCUT2D eigenvalue weighted by molar-refractivity contribution is -0.139. The minimum absolute atomic E-state index is 0.0545. The van der Waals surface area contributed by atoms with Crippen molar-refractivity contribution in [3.05, 3.63) is 95.1 Å². The van der Waals surface area contributed by atoms with Crippen LogP contribution in [0.1, 0.15) is 67.4 Å².